The average Bonchev–Trinajstić information content (AvgIpc) is 2.85. The van der Waals surface area contributed by atoms with Crippen molar-refractivity contribution in [3.63, 3.8) is 0 Å². The molecule has 0 spiro atoms. The number of rotatable bonds is 5. The lowest BCUT2D eigenvalue weighted by Gasteiger charge is -2.21. The molecule has 0 saturated heterocycles. The lowest BCUT2D eigenvalue weighted by molar-refractivity contribution is -0.121. The molecular weight excluding hydrogens is 260 g/mol. The first-order valence-corrected chi connectivity index (χ1v) is 6.80. The first-order chi connectivity index (χ1) is 8.81. The maximum atomic E-state index is 11.8. The van der Waals surface area contributed by atoms with E-state index >= 15 is 0 Å². The molecule has 4 heteroatoms. The summed E-state index contributed by atoms with van der Waals surface area (Å²) >= 11 is 0. The minimum Gasteiger partial charge on any atom is -0.353 e. The van der Waals surface area contributed by atoms with Crippen molar-refractivity contribution in [1.82, 2.24) is 10.6 Å². The molecule has 0 radical (unpaired) electrons. The van der Waals surface area contributed by atoms with Gasteiger partial charge in [0.2, 0.25) is 5.91 Å². The number of hydrogen-bond donors (Lipinski definition) is 2. The standard InChI is InChI=1S/C15H22N2O.ClH/c1-16-11-10-15(18)17-14-9-5-8-13(14)12-6-3-2-4-7-12;/h2-4,6-7,13-14,16H,5,8-11H2,1H3,(H,17,18);1H. The Kier molecular flexibility index (Phi) is 6.89. The lowest BCUT2D eigenvalue weighted by atomic mass is 9.94. The number of halogens is 1. The molecule has 0 bridgehead atoms. The molecule has 1 saturated carbocycles. The molecule has 1 amide bonds. The Morgan fingerprint density at radius 2 is 2.00 bits per heavy atom. The van der Waals surface area contributed by atoms with Gasteiger partial charge in [-0.1, -0.05) is 36.8 Å². The number of nitrogens with one attached hydrogen (secondary N) is 2. The molecule has 3 nitrogen and oxygen atoms in total. The normalized spacial score (nSPS) is 21.7. The number of hydrogen-bond acceptors (Lipinski definition) is 2. The van der Waals surface area contributed by atoms with Gasteiger partial charge in [-0.05, 0) is 25.5 Å². The van der Waals surface area contributed by atoms with Gasteiger partial charge in [-0.2, -0.15) is 0 Å². The molecule has 2 N–H and O–H groups in total. The van der Waals surface area contributed by atoms with Crippen LogP contribution in [0, 0.1) is 0 Å². The number of carbonyl (C=O) groups is 1. The molecule has 2 atom stereocenters. The molecule has 1 aliphatic carbocycles. The third-order valence-electron chi connectivity index (χ3n) is 3.69. The van der Waals surface area contributed by atoms with Crippen LogP contribution in [0.3, 0.4) is 0 Å². The van der Waals surface area contributed by atoms with E-state index in [0.29, 0.717) is 18.4 Å². The van der Waals surface area contributed by atoms with Crippen molar-refractivity contribution in [2.75, 3.05) is 13.6 Å². The summed E-state index contributed by atoms with van der Waals surface area (Å²) in [5.41, 5.74) is 1.36. The molecule has 1 aromatic carbocycles. The van der Waals surface area contributed by atoms with E-state index in [1.165, 1.54) is 18.4 Å². The summed E-state index contributed by atoms with van der Waals surface area (Å²) in [6, 6.07) is 10.8. The van der Waals surface area contributed by atoms with Gasteiger partial charge in [0, 0.05) is 24.9 Å². The van der Waals surface area contributed by atoms with Crippen LogP contribution in [0.15, 0.2) is 30.3 Å². The summed E-state index contributed by atoms with van der Waals surface area (Å²) in [4.78, 5) is 11.8. The molecule has 1 aromatic rings. The predicted molar refractivity (Wildman–Crippen MR) is 80.8 cm³/mol. The van der Waals surface area contributed by atoms with E-state index in [1.807, 2.05) is 13.1 Å². The highest BCUT2D eigenvalue weighted by Gasteiger charge is 2.29. The Morgan fingerprint density at radius 3 is 2.68 bits per heavy atom. The largest absolute Gasteiger partial charge is 0.353 e. The van der Waals surface area contributed by atoms with Gasteiger partial charge in [0.25, 0.3) is 0 Å². The molecule has 2 rings (SSSR count). The summed E-state index contributed by atoms with van der Waals surface area (Å²) in [6.45, 7) is 0.745. The van der Waals surface area contributed by atoms with Crippen LogP contribution < -0.4 is 10.6 Å². The minimum atomic E-state index is 0. The van der Waals surface area contributed by atoms with Gasteiger partial charge in [-0.25, -0.2) is 0 Å². The predicted octanol–water partition coefficient (Wildman–Crippen LogP) is 2.47. The number of benzene rings is 1. The van der Waals surface area contributed by atoms with E-state index < -0.39 is 0 Å². The topological polar surface area (TPSA) is 41.1 Å². The minimum absolute atomic E-state index is 0. The molecule has 19 heavy (non-hydrogen) atoms. The molecule has 1 fully saturated rings. The van der Waals surface area contributed by atoms with Gasteiger partial charge in [0.1, 0.15) is 0 Å². The Morgan fingerprint density at radius 1 is 1.26 bits per heavy atom. The Balaban J connectivity index is 0.00000180. The fourth-order valence-corrected chi connectivity index (χ4v) is 2.75. The summed E-state index contributed by atoms with van der Waals surface area (Å²) in [5, 5.41) is 6.19. The van der Waals surface area contributed by atoms with Crippen LogP contribution in [0.2, 0.25) is 0 Å². The van der Waals surface area contributed by atoms with Crippen molar-refractivity contribution in [3.05, 3.63) is 35.9 Å². The van der Waals surface area contributed by atoms with Crippen molar-refractivity contribution >= 4 is 18.3 Å². The van der Waals surface area contributed by atoms with Crippen LogP contribution in [0.5, 0.6) is 0 Å². The SMILES string of the molecule is CNCCC(=O)NC1CCCC1c1ccccc1.Cl. The van der Waals surface area contributed by atoms with Crippen LogP contribution in [0.4, 0.5) is 0 Å². The van der Waals surface area contributed by atoms with Crippen LogP contribution in [0.25, 0.3) is 0 Å². The maximum absolute atomic E-state index is 11.8. The first-order valence-electron chi connectivity index (χ1n) is 6.80. The second-order valence-corrected chi connectivity index (χ2v) is 4.98. The van der Waals surface area contributed by atoms with Crippen LogP contribution in [0.1, 0.15) is 37.2 Å². The fourth-order valence-electron chi connectivity index (χ4n) is 2.75. The Hall–Kier alpha value is -1.06. The van der Waals surface area contributed by atoms with Gasteiger partial charge < -0.3 is 10.6 Å². The highest BCUT2D eigenvalue weighted by atomic mass is 35.5. The molecule has 2 unspecified atom stereocenters. The number of amides is 1. The van der Waals surface area contributed by atoms with Gasteiger partial charge in [0.05, 0.1) is 0 Å². The fraction of sp³-hybridized carbons (Fsp3) is 0.533. The second-order valence-electron chi connectivity index (χ2n) is 4.98. The van der Waals surface area contributed by atoms with Gasteiger partial charge in [-0.15, -0.1) is 12.4 Å². The summed E-state index contributed by atoms with van der Waals surface area (Å²) in [5.74, 6) is 0.655. The third-order valence-corrected chi connectivity index (χ3v) is 3.69. The average molecular weight is 283 g/mol. The van der Waals surface area contributed by atoms with E-state index in [0.717, 1.165) is 13.0 Å². The zero-order valence-electron chi connectivity index (χ0n) is 11.4. The zero-order chi connectivity index (χ0) is 12.8. The third kappa shape index (κ3) is 4.51. The van der Waals surface area contributed by atoms with E-state index in [4.69, 9.17) is 0 Å². The van der Waals surface area contributed by atoms with Crippen LogP contribution in [-0.2, 0) is 4.79 Å². The van der Waals surface area contributed by atoms with Gasteiger partial charge in [0.15, 0.2) is 0 Å². The van der Waals surface area contributed by atoms with Crippen molar-refractivity contribution in [3.8, 4) is 0 Å². The molecule has 0 aromatic heterocycles. The highest BCUT2D eigenvalue weighted by Crippen LogP contribution is 2.34. The molecule has 0 aliphatic heterocycles. The van der Waals surface area contributed by atoms with Crippen molar-refractivity contribution < 1.29 is 4.79 Å². The lowest BCUT2D eigenvalue weighted by Crippen LogP contribution is -2.37. The van der Waals surface area contributed by atoms with Gasteiger partial charge in [-0.3, -0.25) is 4.79 Å². The maximum Gasteiger partial charge on any atom is 0.221 e. The van der Waals surface area contributed by atoms with E-state index in [9.17, 15) is 4.79 Å². The molecule has 106 valence electrons. The zero-order valence-corrected chi connectivity index (χ0v) is 12.2. The highest BCUT2D eigenvalue weighted by molar-refractivity contribution is 5.85. The quantitative estimate of drug-likeness (QED) is 0.871. The van der Waals surface area contributed by atoms with E-state index in [2.05, 4.69) is 34.9 Å². The molecule has 1 aliphatic rings. The van der Waals surface area contributed by atoms with Crippen LogP contribution >= 0.6 is 12.4 Å². The summed E-state index contributed by atoms with van der Waals surface area (Å²) in [7, 11) is 1.87. The van der Waals surface area contributed by atoms with Crippen LogP contribution in [-0.4, -0.2) is 25.5 Å². The van der Waals surface area contributed by atoms with Crippen molar-refractivity contribution in [2.24, 2.45) is 0 Å². The summed E-state index contributed by atoms with van der Waals surface area (Å²) < 4.78 is 0. The Labute approximate surface area is 121 Å². The molecule has 0 heterocycles. The van der Waals surface area contributed by atoms with Crippen molar-refractivity contribution in [2.45, 2.75) is 37.6 Å². The second kappa shape index (κ2) is 8.18. The monoisotopic (exact) mass is 282 g/mol. The van der Waals surface area contributed by atoms with E-state index in [-0.39, 0.29) is 18.3 Å². The number of carbonyl (C=O) groups excluding carboxylic acids is 1. The summed E-state index contributed by atoms with van der Waals surface area (Å²) in [6.07, 6.45) is 4.05. The van der Waals surface area contributed by atoms with Gasteiger partial charge >= 0.3 is 0 Å². The molecular formula is C15H23ClN2O. The smallest absolute Gasteiger partial charge is 0.221 e. The van der Waals surface area contributed by atoms with Crippen molar-refractivity contribution in [1.29, 1.82) is 0 Å². The first kappa shape index (κ1) is 16.0. The van der Waals surface area contributed by atoms with E-state index in [1.54, 1.807) is 0 Å². The Bertz CT molecular complexity index is 383.